The average Bonchev–Trinajstić information content (AvgIpc) is 3.27. The van der Waals surface area contributed by atoms with E-state index in [-0.39, 0.29) is 5.91 Å². The monoisotopic (exact) mass is 473 g/mol. The molecular weight excluding hydrogens is 454 g/mol. The molecule has 0 radical (unpaired) electrons. The number of nitrogens with zero attached hydrogens (tertiary/aromatic N) is 5. The van der Waals surface area contributed by atoms with Crippen LogP contribution in [0.1, 0.15) is 18.5 Å². The Kier molecular flexibility index (Phi) is 5.69. The Morgan fingerprint density at radius 3 is 2.71 bits per heavy atom. The molecule has 1 atom stereocenters. The first-order chi connectivity index (χ1) is 16.5. The highest BCUT2D eigenvalue weighted by atomic mass is 35.5. The van der Waals surface area contributed by atoms with Crippen LogP contribution in [0.15, 0.2) is 78.5 Å². The van der Waals surface area contributed by atoms with Gasteiger partial charge in [-0.3, -0.25) is 14.8 Å². The number of pyridine rings is 2. The van der Waals surface area contributed by atoms with Gasteiger partial charge >= 0.3 is 0 Å². The van der Waals surface area contributed by atoms with Crippen molar-refractivity contribution >= 4 is 29.1 Å². The molecule has 170 valence electrons. The standard InChI is InChI=1S/C24H20ClN7O2/c1-14-20(23(33)29-18-13-27-11-8-19(18)34-2)21(15-6-9-26-10-7-15)32-24(28-14)30-22(31-32)16-4-3-5-17(25)12-16/h3-13,21H,1-2H3,(H,29,33)(H,28,30,31). The van der Waals surface area contributed by atoms with Gasteiger partial charge in [-0.15, -0.1) is 5.10 Å². The van der Waals surface area contributed by atoms with Crippen molar-refractivity contribution in [2.24, 2.45) is 0 Å². The number of hydrogen-bond donors (Lipinski definition) is 2. The number of hydrogen-bond acceptors (Lipinski definition) is 7. The number of carbonyl (C=O) groups excluding carboxylic acids is 1. The molecule has 4 aromatic rings. The van der Waals surface area contributed by atoms with Crippen molar-refractivity contribution in [3.63, 3.8) is 0 Å². The Morgan fingerprint density at radius 1 is 1.15 bits per heavy atom. The molecule has 1 unspecified atom stereocenters. The van der Waals surface area contributed by atoms with Crippen molar-refractivity contribution in [3.8, 4) is 17.1 Å². The van der Waals surface area contributed by atoms with Gasteiger partial charge in [-0.05, 0) is 36.8 Å². The topological polar surface area (TPSA) is 107 Å². The van der Waals surface area contributed by atoms with Gasteiger partial charge in [-0.2, -0.15) is 4.98 Å². The van der Waals surface area contributed by atoms with Crippen molar-refractivity contribution < 1.29 is 9.53 Å². The van der Waals surface area contributed by atoms with Gasteiger partial charge in [0.25, 0.3) is 5.91 Å². The van der Waals surface area contributed by atoms with E-state index in [1.165, 1.54) is 7.11 Å². The smallest absolute Gasteiger partial charge is 0.256 e. The number of benzene rings is 1. The molecule has 0 fully saturated rings. The summed E-state index contributed by atoms with van der Waals surface area (Å²) in [6.07, 6.45) is 6.50. The first-order valence-electron chi connectivity index (χ1n) is 10.4. The number of rotatable bonds is 5. The fourth-order valence-corrected chi connectivity index (χ4v) is 4.08. The molecule has 3 aromatic heterocycles. The van der Waals surface area contributed by atoms with Crippen LogP contribution in [0.25, 0.3) is 11.4 Å². The lowest BCUT2D eigenvalue weighted by Gasteiger charge is -2.28. The molecule has 9 nitrogen and oxygen atoms in total. The van der Waals surface area contributed by atoms with E-state index in [1.807, 2.05) is 31.2 Å². The summed E-state index contributed by atoms with van der Waals surface area (Å²) < 4.78 is 7.06. The van der Waals surface area contributed by atoms with Crippen LogP contribution in [0.2, 0.25) is 5.02 Å². The van der Waals surface area contributed by atoms with Gasteiger partial charge in [0.05, 0.1) is 18.9 Å². The molecule has 4 heterocycles. The molecule has 0 aliphatic carbocycles. The first kappa shape index (κ1) is 21.6. The third-order valence-electron chi connectivity index (χ3n) is 5.45. The van der Waals surface area contributed by atoms with Gasteiger partial charge < -0.3 is 15.4 Å². The number of ether oxygens (including phenoxy) is 1. The van der Waals surface area contributed by atoms with Crippen LogP contribution in [0.5, 0.6) is 5.75 Å². The van der Waals surface area contributed by atoms with Crippen LogP contribution in [0.3, 0.4) is 0 Å². The van der Waals surface area contributed by atoms with Crippen LogP contribution < -0.4 is 15.4 Å². The van der Waals surface area contributed by atoms with Gasteiger partial charge in [-0.1, -0.05) is 23.7 Å². The Balaban J connectivity index is 1.59. The van der Waals surface area contributed by atoms with E-state index in [0.717, 1.165) is 11.1 Å². The fraction of sp³-hybridized carbons (Fsp3) is 0.125. The van der Waals surface area contributed by atoms with Crippen molar-refractivity contribution in [2.75, 3.05) is 17.7 Å². The van der Waals surface area contributed by atoms with Crippen LogP contribution in [0, 0.1) is 0 Å². The number of halogens is 1. The lowest BCUT2D eigenvalue weighted by atomic mass is 9.96. The zero-order valence-electron chi connectivity index (χ0n) is 18.4. The SMILES string of the molecule is COc1ccncc1NC(=O)C1=C(C)Nc2nc(-c3cccc(Cl)c3)nn2C1c1ccncc1. The summed E-state index contributed by atoms with van der Waals surface area (Å²) in [7, 11) is 1.54. The lowest BCUT2D eigenvalue weighted by molar-refractivity contribution is -0.113. The van der Waals surface area contributed by atoms with Crippen molar-refractivity contribution in [1.29, 1.82) is 0 Å². The number of amides is 1. The molecule has 0 saturated heterocycles. The van der Waals surface area contributed by atoms with Gasteiger partial charge in [0.1, 0.15) is 17.5 Å². The van der Waals surface area contributed by atoms with Crippen LogP contribution in [-0.2, 0) is 4.79 Å². The van der Waals surface area contributed by atoms with E-state index < -0.39 is 6.04 Å². The summed E-state index contributed by atoms with van der Waals surface area (Å²) in [5.74, 6) is 1.20. The quantitative estimate of drug-likeness (QED) is 0.444. The van der Waals surface area contributed by atoms with E-state index in [2.05, 4.69) is 25.6 Å². The summed E-state index contributed by atoms with van der Waals surface area (Å²) in [6.45, 7) is 1.83. The molecule has 0 spiro atoms. The van der Waals surface area contributed by atoms with E-state index >= 15 is 0 Å². The molecule has 10 heteroatoms. The zero-order valence-corrected chi connectivity index (χ0v) is 19.1. The highest BCUT2D eigenvalue weighted by Gasteiger charge is 2.34. The lowest BCUT2D eigenvalue weighted by Crippen LogP contribution is -2.31. The largest absolute Gasteiger partial charge is 0.494 e. The summed E-state index contributed by atoms with van der Waals surface area (Å²) in [4.78, 5) is 26.5. The molecule has 1 aliphatic heterocycles. The van der Waals surface area contributed by atoms with Crippen LogP contribution in [0.4, 0.5) is 11.6 Å². The molecule has 1 amide bonds. The summed E-state index contributed by atoms with van der Waals surface area (Å²) in [5.41, 5.74) is 3.20. The molecule has 34 heavy (non-hydrogen) atoms. The predicted octanol–water partition coefficient (Wildman–Crippen LogP) is 4.32. The van der Waals surface area contributed by atoms with Gasteiger partial charge in [0.2, 0.25) is 5.95 Å². The van der Waals surface area contributed by atoms with Crippen molar-refractivity contribution in [2.45, 2.75) is 13.0 Å². The minimum absolute atomic E-state index is 0.316. The van der Waals surface area contributed by atoms with E-state index in [1.54, 1.807) is 47.7 Å². The number of fused-ring (bicyclic) bond motifs is 1. The van der Waals surface area contributed by atoms with Gasteiger partial charge in [0.15, 0.2) is 5.82 Å². The number of nitrogens with one attached hydrogen (secondary N) is 2. The Morgan fingerprint density at radius 2 is 1.94 bits per heavy atom. The molecule has 1 aromatic carbocycles. The Bertz CT molecular complexity index is 1400. The van der Waals surface area contributed by atoms with Crippen LogP contribution >= 0.6 is 11.6 Å². The first-order valence-corrected chi connectivity index (χ1v) is 10.8. The maximum Gasteiger partial charge on any atom is 0.256 e. The van der Waals surface area contributed by atoms with Crippen LogP contribution in [-0.4, -0.2) is 37.7 Å². The van der Waals surface area contributed by atoms with Crippen molar-refractivity contribution in [3.05, 3.63) is 89.1 Å². The molecule has 2 N–H and O–H groups in total. The Labute approximate surface area is 200 Å². The fourth-order valence-electron chi connectivity index (χ4n) is 3.89. The highest BCUT2D eigenvalue weighted by Crippen LogP contribution is 2.37. The maximum atomic E-state index is 13.6. The van der Waals surface area contributed by atoms with Gasteiger partial charge in [0, 0.05) is 40.9 Å². The summed E-state index contributed by atoms with van der Waals surface area (Å²) >= 11 is 6.17. The molecule has 5 rings (SSSR count). The minimum atomic E-state index is -0.539. The number of methoxy groups -OCH3 is 1. The maximum absolute atomic E-state index is 13.6. The van der Waals surface area contributed by atoms with Gasteiger partial charge in [-0.25, -0.2) is 4.68 Å². The third kappa shape index (κ3) is 3.97. The highest BCUT2D eigenvalue weighted by molar-refractivity contribution is 6.30. The average molecular weight is 474 g/mol. The summed E-state index contributed by atoms with van der Waals surface area (Å²) in [6, 6.07) is 12.2. The van der Waals surface area contributed by atoms with E-state index in [0.29, 0.717) is 39.5 Å². The number of carbonyl (C=O) groups is 1. The number of aromatic nitrogens is 5. The minimum Gasteiger partial charge on any atom is -0.494 e. The second-order valence-electron chi connectivity index (χ2n) is 7.59. The second-order valence-corrected chi connectivity index (χ2v) is 8.03. The normalized spacial score (nSPS) is 14.9. The summed E-state index contributed by atoms with van der Waals surface area (Å²) in [5, 5.41) is 11.5. The number of allylic oxidation sites excluding steroid dienone is 1. The van der Waals surface area contributed by atoms with E-state index in [4.69, 9.17) is 21.4 Å². The Hall–Kier alpha value is -4.24. The van der Waals surface area contributed by atoms with Crippen molar-refractivity contribution in [1.82, 2.24) is 24.7 Å². The predicted molar refractivity (Wildman–Crippen MR) is 129 cm³/mol. The van der Waals surface area contributed by atoms with E-state index in [9.17, 15) is 4.79 Å². The zero-order chi connectivity index (χ0) is 23.7. The molecule has 0 bridgehead atoms. The molecular formula is C24H20ClN7O2. The number of anilines is 2. The molecule has 1 aliphatic rings. The third-order valence-corrected chi connectivity index (χ3v) is 5.69. The molecule has 0 saturated carbocycles. The second kappa shape index (κ2) is 8.95.